The summed E-state index contributed by atoms with van der Waals surface area (Å²) >= 11 is 0. The van der Waals surface area contributed by atoms with Crippen LogP contribution >= 0.6 is 0 Å². The maximum atomic E-state index is 12.8. The standard InChI is InChI=1S/C19H25N5O2/c1-22-16-13-23(12-14-6-5-8-20-18(14)26-2)11-7-15(16)17(21-22)19(25)24-9-3-4-10-24/h5-6,8H,3-4,7,9-13H2,1-2H3. The SMILES string of the molecule is COc1ncccc1CN1CCc2c(C(=O)N3CCCC3)nn(C)c2C1. The van der Waals surface area contributed by atoms with E-state index in [1.54, 1.807) is 13.3 Å². The Kier molecular flexibility index (Phi) is 4.63. The lowest BCUT2D eigenvalue weighted by atomic mass is 10.0. The van der Waals surface area contributed by atoms with Crippen LogP contribution in [-0.2, 0) is 26.6 Å². The van der Waals surface area contributed by atoms with E-state index in [-0.39, 0.29) is 5.91 Å². The van der Waals surface area contributed by atoms with Crippen LogP contribution in [0.2, 0.25) is 0 Å². The number of nitrogens with zero attached hydrogens (tertiary/aromatic N) is 5. The van der Waals surface area contributed by atoms with Crippen molar-refractivity contribution in [3.8, 4) is 5.88 Å². The molecule has 7 heteroatoms. The molecule has 0 aliphatic carbocycles. The number of aromatic nitrogens is 3. The summed E-state index contributed by atoms with van der Waals surface area (Å²) in [6.07, 6.45) is 4.79. The molecular weight excluding hydrogens is 330 g/mol. The Morgan fingerprint density at radius 2 is 2.08 bits per heavy atom. The van der Waals surface area contributed by atoms with E-state index in [1.165, 1.54) is 0 Å². The number of likely N-dealkylation sites (tertiary alicyclic amines) is 1. The largest absolute Gasteiger partial charge is 0.481 e. The summed E-state index contributed by atoms with van der Waals surface area (Å²) in [6.45, 7) is 4.17. The lowest BCUT2D eigenvalue weighted by Crippen LogP contribution is -2.33. The summed E-state index contributed by atoms with van der Waals surface area (Å²) < 4.78 is 7.25. The molecule has 138 valence electrons. The van der Waals surface area contributed by atoms with Gasteiger partial charge in [0.25, 0.3) is 5.91 Å². The zero-order chi connectivity index (χ0) is 18.1. The third-order valence-electron chi connectivity index (χ3n) is 5.36. The molecule has 2 aliphatic heterocycles. The van der Waals surface area contributed by atoms with Crippen molar-refractivity contribution in [2.24, 2.45) is 7.05 Å². The van der Waals surface area contributed by atoms with Crippen LogP contribution in [-0.4, -0.2) is 57.2 Å². The Hall–Kier alpha value is -2.41. The fourth-order valence-electron chi connectivity index (χ4n) is 3.97. The van der Waals surface area contributed by atoms with Crippen molar-refractivity contribution < 1.29 is 9.53 Å². The molecule has 0 N–H and O–H groups in total. The first-order chi connectivity index (χ1) is 12.7. The molecule has 1 fully saturated rings. The highest BCUT2D eigenvalue weighted by Crippen LogP contribution is 2.26. The van der Waals surface area contributed by atoms with E-state index < -0.39 is 0 Å². The molecule has 2 aromatic heterocycles. The second-order valence-corrected chi connectivity index (χ2v) is 7.03. The van der Waals surface area contributed by atoms with E-state index in [4.69, 9.17) is 4.74 Å². The summed E-state index contributed by atoms with van der Waals surface area (Å²) in [7, 11) is 3.59. The lowest BCUT2D eigenvalue weighted by Gasteiger charge is -2.28. The number of pyridine rings is 1. The summed E-state index contributed by atoms with van der Waals surface area (Å²) in [6, 6.07) is 3.98. The van der Waals surface area contributed by atoms with Gasteiger partial charge in [-0.25, -0.2) is 4.98 Å². The molecular formula is C19H25N5O2. The number of rotatable bonds is 4. The molecule has 0 spiro atoms. The van der Waals surface area contributed by atoms with Gasteiger partial charge in [0.15, 0.2) is 5.69 Å². The van der Waals surface area contributed by atoms with Gasteiger partial charge < -0.3 is 9.64 Å². The number of carbonyl (C=O) groups is 1. The van der Waals surface area contributed by atoms with Crippen molar-refractivity contribution in [2.75, 3.05) is 26.7 Å². The number of amides is 1. The third kappa shape index (κ3) is 3.07. The smallest absolute Gasteiger partial charge is 0.274 e. The fraction of sp³-hybridized carbons (Fsp3) is 0.526. The van der Waals surface area contributed by atoms with E-state index in [2.05, 4.69) is 15.0 Å². The van der Waals surface area contributed by atoms with Crippen molar-refractivity contribution in [3.63, 3.8) is 0 Å². The monoisotopic (exact) mass is 355 g/mol. The quantitative estimate of drug-likeness (QED) is 0.834. The molecule has 0 bridgehead atoms. The molecule has 0 aromatic carbocycles. The average Bonchev–Trinajstić information content (AvgIpc) is 3.30. The minimum atomic E-state index is 0.0988. The predicted octanol–water partition coefficient (Wildman–Crippen LogP) is 1.62. The van der Waals surface area contributed by atoms with Crippen molar-refractivity contribution in [1.29, 1.82) is 0 Å². The van der Waals surface area contributed by atoms with Crippen LogP contribution in [0.1, 0.15) is 40.2 Å². The molecule has 0 radical (unpaired) electrons. The molecule has 7 nitrogen and oxygen atoms in total. The Bertz CT molecular complexity index is 810. The topological polar surface area (TPSA) is 63.5 Å². The maximum Gasteiger partial charge on any atom is 0.274 e. The van der Waals surface area contributed by atoms with Crippen molar-refractivity contribution >= 4 is 5.91 Å². The van der Waals surface area contributed by atoms with E-state index in [1.807, 2.05) is 28.8 Å². The molecule has 2 aromatic rings. The molecule has 26 heavy (non-hydrogen) atoms. The van der Waals surface area contributed by atoms with Crippen LogP contribution in [0.5, 0.6) is 5.88 Å². The Balaban J connectivity index is 1.53. The van der Waals surface area contributed by atoms with Crippen molar-refractivity contribution in [2.45, 2.75) is 32.4 Å². The molecule has 4 rings (SSSR count). The number of carbonyl (C=O) groups excluding carboxylic acids is 1. The normalized spacial score (nSPS) is 17.4. The zero-order valence-corrected chi connectivity index (χ0v) is 15.4. The maximum absolute atomic E-state index is 12.8. The summed E-state index contributed by atoms with van der Waals surface area (Å²) in [4.78, 5) is 21.4. The second kappa shape index (κ2) is 7.07. The second-order valence-electron chi connectivity index (χ2n) is 7.03. The highest BCUT2D eigenvalue weighted by Gasteiger charge is 2.30. The average molecular weight is 355 g/mol. The number of methoxy groups -OCH3 is 1. The molecule has 4 heterocycles. The van der Waals surface area contributed by atoms with Gasteiger partial charge in [-0.1, -0.05) is 6.07 Å². The van der Waals surface area contributed by atoms with E-state index in [0.717, 1.165) is 68.8 Å². The molecule has 2 aliphatic rings. The summed E-state index contributed by atoms with van der Waals surface area (Å²) in [5.74, 6) is 0.773. The first-order valence-electron chi connectivity index (χ1n) is 9.21. The highest BCUT2D eigenvalue weighted by atomic mass is 16.5. The summed E-state index contributed by atoms with van der Waals surface area (Å²) in [5.41, 5.74) is 4.00. The van der Waals surface area contributed by atoms with Crippen LogP contribution in [0.25, 0.3) is 0 Å². The third-order valence-corrected chi connectivity index (χ3v) is 5.36. The number of fused-ring (bicyclic) bond motifs is 1. The minimum Gasteiger partial charge on any atom is -0.481 e. The lowest BCUT2D eigenvalue weighted by molar-refractivity contribution is 0.0784. The number of ether oxygens (including phenoxy) is 1. The van der Waals surface area contributed by atoms with Gasteiger partial charge in [-0.3, -0.25) is 14.4 Å². The predicted molar refractivity (Wildman–Crippen MR) is 97.0 cm³/mol. The van der Waals surface area contributed by atoms with Gasteiger partial charge in [-0.2, -0.15) is 5.10 Å². The van der Waals surface area contributed by atoms with Crippen molar-refractivity contribution in [1.82, 2.24) is 24.6 Å². The Morgan fingerprint density at radius 3 is 2.85 bits per heavy atom. The van der Waals surface area contributed by atoms with Crippen LogP contribution < -0.4 is 4.74 Å². The molecule has 1 saturated heterocycles. The number of hydrogen-bond donors (Lipinski definition) is 0. The number of hydrogen-bond acceptors (Lipinski definition) is 5. The fourth-order valence-corrected chi connectivity index (χ4v) is 3.97. The first kappa shape index (κ1) is 17.0. The van der Waals surface area contributed by atoms with Gasteiger partial charge >= 0.3 is 0 Å². The van der Waals surface area contributed by atoms with Crippen LogP contribution in [0.15, 0.2) is 18.3 Å². The van der Waals surface area contributed by atoms with E-state index in [0.29, 0.717) is 11.6 Å². The zero-order valence-electron chi connectivity index (χ0n) is 15.4. The van der Waals surface area contributed by atoms with Gasteiger partial charge in [0.05, 0.1) is 12.8 Å². The van der Waals surface area contributed by atoms with Crippen LogP contribution in [0.4, 0.5) is 0 Å². The minimum absolute atomic E-state index is 0.0988. The highest BCUT2D eigenvalue weighted by molar-refractivity contribution is 5.94. The van der Waals surface area contributed by atoms with E-state index >= 15 is 0 Å². The molecule has 0 unspecified atom stereocenters. The van der Waals surface area contributed by atoms with Gasteiger partial charge in [0.2, 0.25) is 5.88 Å². The van der Waals surface area contributed by atoms with Gasteiger partial charge in [-0.05, 0) is 25.3 Å². The van der Waals surface area contributed by atoms with Gasteiger partial charge in [-0.15, -0.1) is 0 Å². The Labute approximate surface area is 153 Å². The van der Waals surface area contributed by atoms with Crippen LogP contribution in [0.3, 0.4) is 0 Å². The number of aryl methyl sites for hydroxylation is 1. The first-order valence-corrected chi connectivity index (χ1v) is 9.21. The molecule has 1 amide bonds. The Morgan fingerprint density at radius 1 is 1.27 bits per heavy atom. The molecule has 0 atom stereocenters. The van der Waals surface area contributed by atoms with E-state index in [9.17, 15) is 4.79 Å². The van der Waals surface area contributed by atoms with Crippen LogP contribution in [0, 0.1) is 0 Å². The summed E-state index contributed by atoms with van der Waals surface area (Å²) in [5, 5.41) is 4.57. The van der Waals surface area contributed by atoms with Crippen molar-refractivity contribution in [3.05, 3.63) is 40.8 Å². The van der Waals surface area contributed by atoms with Gasteiger partial charge in [0.1, 0.15) is 0 Å². The van der Waals surface area contributed by atoms with Gasteiger partial charge in [0, 0.05) is 57.1 Å². The molecule has 0 saturated carbocycles.